The molecular formula is C27H28N6O2. The first-order valence-electron chi connectivity index (χ1n) is 11.8. The maximum absolute atomic E-state index is 13.1. The van der Waals surface area contributed by atoms with Gasteiger partial charge < -0.3 is 15.0 Å². The lowest BCUT2D eigenvalue weighted by molar-refractivity contribution is -0.120. The average molecular weight is 469 g/mol. The van der Waals surface area contributed by atoms with Crippen LogP contribution in [0.2, 0.25) is 0 Å². The molecule has 0 spiro atoms. The summed E-state index contributed by atoms with van der Waals surface area (Å²) < 4.78 is 7.33. The Labute approximate surface area is 204 Å². The number of hydrogen-bond acceptors (Lipinski definition) is 6. The summed E-state index contributed by atoms with van der Waals surface area (Å²) in [6.07, 6.45) is 5.38. The third-order valence-electron chi connectivity index (χ3n) is 6.28. The van der Waals surface area contributed by atoms with Crippen molar-refractivity contribution in [2.45, 2.75) is 19.8 Å². The summed E-state index contributed by atoms with van der Waals surface area (Å²) >= 11 is 0. The molecule has 8 nitrogen and oxygen atoms in total. The zero-order chi connectivity index (χ0) is 24.2. The van der Waals surface area contributed by atoms with E-state index in [-0.39, 0.29) is 11.8 Å². The van der Waals surface area contributed by atoms with Crippen molar-refractivity contribution in [3.8, 4) is 23.0 Å². The third-order valence-corrected chi connectivity index (χ3v) is 6.28. The highest BCUT2D eigenvalue weighted by Gasteiger charge is 2.27. The number of aromatic nitrogens is 4. The second-order valence-corrected chi connectivity index (χ2v) is 8.71. The number of rotatable bonds is 6. The first-order valence-corrected chi connectivity index (χ1v) is 11.8. The number of aryl methyl sites for hydroxylation is 1. The highest BCUT2D eigenvalue weighted by Crippen LogP contribution is 2.28. The van der Waals surface area contributed by atoms with Crippen LogP contribution in [0.5, 0.6) is 5.75 Å². The van der Waals surface area contributed by atoms with E-state index in [0.717, 1.165) is 42.2 Å². The van der Waals surface area contributed by atoms with Gasteiger partial charge in [-0.25, -0.2) is 4.98 Å². The van der Waals surface area contributed by atoms with Crippen LogP contribution in [0.1, 0.15) is 18.4 Å². The summed E-state index contributed by atoms with van der Waals surface area (Å²) in [7, 11) is 1.61. The SMILES string of the molecule is COc1ccc(C)cc1NC(=O)C1CCCN(c2ccc(-n3ccnc3-c3ccccc3)nn2)C1. The van der Waals surface area contributed by atoms with Crippen LogP contribution in [0, 0.1) is 12.8 Å². The van der Waals surface area contributed by atoms with Crippen LogP contribution < -0.4 is 15.0 Å². The molecule has 1 saturated heterocycles. The highest BCUT2D eigenvalue weighted by molar-refractivity contribution is 5.94. The number of carbonyl (C=O) groups excluding carboxylic acids is 1. The number of anilines is 2. The molecule has 1 amide bonds. The minimum atomic E-state index is -0.145. The minimum absolute atomic E-state index is 0.00547. The second kappa shape index (κ2) is 9.97. The van der Waals surface area contributed by atoms with E-state index >= 15 is 0 Å². The number of hydrogen-bond donors (Lipinski definition) is 1. The van der Waals surface area contributed by atoms with E-state index < -0.39 is 0 Å². The lowest BCUT2D eigenvalue weighted by atomic mass is 9.97. The van der Waals surface area contributed by atoms with Gasteiger partial charge in [0.15, 0.2) is 11.6 Å². The van der Waals surface area contributed by atoms with Crippen LogP contribution >= 0.6 is 0 Å². The number of methoxy groups -OCH3 is 1. The van der Waals surface area contributed by atoms with Gasteiger partial charge in [0.05, 0.1) is 18.7 Å². The molecule has 2 aromatic heterocycles. The summed E-state index contributed by atoms with van der Waals surface area (Å²) in [5, 5.41) is 12.0. The van der Waals surface area contributed by atoms with E-state index in [2.05, 4.69) is 25.4 Å². The van der Waals surface area contributed by atoms with Crippen LogP contribution in [0.4, 0.5) is 11.5 Å². The number of piperidine rings is 1. The van der Waals surface area contributed by atoms with Gasteiger partial charge in [-0.05, 0) is 49.6 Å². The average Bonchev–Trinajstić information content (AvgIpc) is 3.40. The molecule has 0 aliphatic carbocycles. The highest BCUT2D eigenvalue weighted by atomic mass is 16.5. The van der Waals surface area contributed by atoms with Crippen molar-refractivity contribution >= 4 is 17.4 Å². The molecule has 8 heteroatoms. The normalized spacial score (nSPS) is 15.6. The van der Waals surface area contributed by atoms with Crippen LogP contribution in [-0.4, -0.2) is 45.9 Å². The van der Waals surface area contributed by atoms with Crippen molar-refractivity contribution in [3.05, 3.63) is 78.6 Å². The molecule has 35 heavy (non-hydrogen) atoms. The summed E-state index contributed by atoms with van der Waals surface area (Å²) in [4.78, 5) is 19.7. The molecule has 3 heterocycles. The molecule has 4 aromatic rings. The fourth-order valence-corrected chi connectivity index (χ4v) is 4.46. The van der Waals surface area contributed by atoms with Gasteiger partial charge in [-0.1, -0.05) is 36.4 Å². The van der Waals surface area contributed by atoms with Gasteiger partial charge in [0.25, 0.3) is 0 Å². The Balaban J connectivity index is 1.29. The lowest BCUT2D eigenvalue weighted by Gasteiger charge is -2.32. The van der Waals surface area contributed by atoms with Gasteiger partial charge in [-0.3, -0.25) is 9.36 Å². The Morgan fingerprint density at radius 3 is 2.63 bits per heavy atom. The Morgan fingerprint density at radius 1 is 1.06 bits per heavy atom. The Kier molecular flexibility index (Phi) is 6.43. The molecular weight excluding hydrogens is 440 g/mol. The fraction of sp³-hybridized carbons (Fsp3) is 0.259. The number of benzene rings is 2. The molecule has 1 unspecified atom stereocenters. The van der Waals surface area contributed by atoms with Crippen molar-refractivity contribution in [1.82, 2.24) is 19.7 Å². The van der Waals surface area contributed by atoms with Crippen LogP contribution in [0.15, 0.2) is 73.1 Å². The Morgan fingerprint density at radius 2 is 1.86 bits per heavy atom. The molecule has 0 radical (unpaired) electrons. The van der Waals surface area contributed by atoms with E-state index in [1.807, 2.05) is 78.4 Å². The first kappa shape index (κ1) is 22.6. The largest absolute Gasteiger partial charge is 0.495 e. The number of imidazole rings is 1. The summed E-state index contributed by atoms with van der Waals surface area (Å²) in [5.74, 6) is 2.79. The maximum Gasteiger partial charge on any atom is 0.229 e. The van der Waals surface area contributed by atoms with Gasteiger partial charge in [-0.2, -0.15) is 0 Å². The molecule has 2 aromatic carbocycles. The van der Waals surface area contributed by atoms with E-state index in [0.29, 0.717) is 23.8 Å². The van der Waals surface area contributed by atoms with Gasteiger partial charge in [-0.15, -0.1) is 10.2 Å². The predicted octanol–water partition coefficient (Wildman–Crippen LogP) is 4.50. The number of nitrogens with zero attached hydrogens (tertiary/aromatic N) is 5. The maximum atomic E-state index is 13.1. The van der Waals surface area contributed by atoms with Crippen LogP contribution in [0.3, 0.4) is 0 Å². The molecule has 1 N–H and O–H groups in total. The molecule has 1 fully saturated rings. The van der Waals surface area contributed by atoms with E-state index in [1.165, 1.54) is 0 Å². The van der Waals surface area contributed by atoms with Crippen molar-refractivity contribution in [2.24, 2.45) is 5.92 Å². The monoisotopic (exact) mass is 468 g/mol. The van der Waals surface area contributed by atoms with E-state index in [4.69, 9.17) is 4.74 Å². The number of nitrogens with one attached hydrogen (secondary N) is 1. The second-order valence-electron chi connectivity index (χ2n) is 8.71. The Hall–Kier alpha value is -4.20. The quantitative estimate of drug-likeness (QED) is 0.448. The van der Waals surface area contributed by atoms with E-state index in [1.54, 1.807) is 13.3 Å². The fourth-order valence-electron chi connectivity index (χ4n) is 4.46. The smallest absolute Gasteiger partial charge is 0.229 e. The summed E-state index contributed by atoms with van der Waals surface area (Å²) in [6, 6.07) is 19.7. The molecule has 1 aliphatic heterocycles. The predicted molar refractivity (Wildman–Crippen MR) is 136 cm³/mol. The van der Waals surface area contributed by atoms with Gasteiger partial charge in [0, 0.05) is 31.0 Å². The zero-order valence-electron chi connectivity index (χ0n) is 19.9. The van der Waals surface area contributed by atoms with Crippen molar-refractivity contribution < 1.29 is 9.53 Å². The topological polar surface area (TPSA) is 85.2 Å². The summed E-state index contributed by atoms with van der Waals surface area (Å²) in [5.41, 5.74) is 2.78. The number of ether oxygens (including phenoxy) is 1. The standard InChI is InChI=1S/C27H28N6O2/c1-19-10-11-23(35-2)22(17-19)29-27(34)21-9-6-15-32(18-21)24-12-13-25(31-30-24)33-16-14-28-26(33)20-7-4-3-5-8-20/h3-5,7-8,10-14,16-17,21H,6,9,15,18H2,1-2H3,(H,29,34). The molecule has 1 aliphatic rings. The van der Waals surface area contributed by atoms with Gasteiger partial charge >= 0.3 is 0 Å². The lowest BCUT2D eigenvalue weighted by Crippen LogP contribution is -2.41. The molecule has 0 bridgehead atoms. The molecule has 5 rings (SSSR count). The van der Waals surface area contributed by atoms with Gasteiger partial charge in [0.1, 0.15) is 11.6 Å². The van der Waals surface area contributed by atoms with Crippen molar-refractivity contribution in [1.29, 1.82) is 0 Å². The Bertz CT molecular complexity index is 1300. The molecule has 178 valence electrons. The summed E-state index contributed by atoms with van der Waals surface area (Å²) in [6.45, 7) is 3.42. The zero-order valence-corrected chi connectivity index (χ0v) is 19.9. The minimum Gasteiger partial charge on any atom is -0.495 e. The third kappa shape index (κ3) is 4.87. The number of carbonyl (C=O) groups is 1. The van der Waals surface area contributed by atoms with Gasteiger partial charge in [0.2, 0.25) is 5.91 Å². The van der Waals surface area contributed by atoms with Crippen LogP contribution in [0.25, 0.3) is 17.2 Å². The first-order chi connectivity index (χ1) is 17.1. The molecule has 1 atom stereocenters. The van der Waals surface area contributed by atoms with E-state index in [9.17, 15) is 4.79 Å². The van der Waals surface area contributed by atoms with Crippen LogP contribution in [-0.2, 0) is 4.79 Å². The number of amides is 1. The van der Waals surface area contributed by atoms with Crippen molar-refractivity contribution in [2.75, 3.05) is 30.4 Å². The van der Waals surface area contributed by atoms with Crippen molar-refractivity contribution in [3.63, 3.8) is 0 Å². The molecule has 0 saturated carbocycles.